The molecule has 2 nitrogen and oxygen atoms in total. The molecule has 0 spiro atoms. The van der Waals surface area contributed by atoms with Gasteiger partial charge in [-0.15, -0.1) is 22.9 Å². The highest BCUT2D eigenvalue weighted by atomic mass is 35.5. The second-order valence-electron chi connectivity index (χ2n) is 4.76. The van der Waals surface area contributed by atoms with Gasteiger partial charge in [-0.05, 0) is 24.5 Å². The number of aromatic nitrogens is 1. The van der Waals surface area contributed by atoms with Crippen molar-refractivity contribution in [3.8, 4) is 5.75 Å². The molecule has 0 fully saturated rings. The molecule has 1 unspecified atom stereocenters. The molecule has 0 radical (unpaired) electrons. The minimum Gasteiger partial charge on any atom is -0.483 e. The molecule has 2 rings (SSSR count). The SMILES string of the molecule is CC(C)c1ccccc1OC(C)c1nc(CCl)cs1. The number of hydrogen-bond acceptors (Lipinski definition) is 3. The first kappa shape index (κ1) is 14.4. The van der Waals surface area contributed by atoms with Gasteiger partial charge in [-0.25, -0.2) is 4.98 Å². The summed E-state index contributed by atoms with van der Waals surface area (Å²) in [7, 11) is 0. The molecule has 19 heavy (non-hydrogen) atoms. The Bertz CT molecular complexity index is 538. The third kappa shape index (κ3) is 3.48. The molecule has 0 aliphatic carbocycles. The van der Waals surface area contributed by atoms with Gasteiger partial charge in [0.25, 0.3) is 0 Å². The van der Waals surface area contributed by atoms with Crippen molar-refractivity contribution in [1.29, 1.82) is 0 Å². The van der Waals surface area contributed by atoms with Crippen molar-refractivity contribution in [2.75, 3.05) is 0 Å². The number of halogens is 1. The lowest BCUT2D eigenvalue weighted by atomic mass is 10.0. The Kier molecular flexibility index (Phi) is 4.83. The Labute approximate surface area is 123 Å². The lowest BCUT2D eigenvalue weighted by Crippen LogP contribution is -2.05. The monoisotopic (exact) mass is 295 g/mol. The highest BCUT2D eigenvalue weighted by Gasteiger charge is 2.15. The summed E-state index contributed by atoms with van der Waals surface area (Å²) in [5.74, 6) is 1.83. The van der Waals surface area contributed by atoms with E-state index in [1.165, 1.54) is 5.56 Å². The fourth-order valence-corrected chi connectivity index (χ4v) is 2.91. The van der Waals surface area contributed by atoms with Gasteiger partial charge in [-0.2, -0.15) is 0 Å². The number of benzene rings is 1. The standard InChI is InChI=1S/C15H18ClNOS/c1-10(2)13-6-4-5-7-14(13)18-11(3)15-17-12(8-16)9-19-15/h4-7,9-11H,8H2,1-3H3. The van der Waals surface area contributed by atoms with Crippen LogP contribution in [0, 0.1) is 0 Å². The first-order valence-corrected chi connectivity index (χ1v) is 7.79. The van der Waals surface area contributed by atoms with Crippen molar-refractivity contribution in [3.63, 3.8) is 0 Å². The Hall–Kier alpha value is -1.06. The van der Waals surface area contributed by atoms with Crippen LogP contribution in [0.5, 0.6) is 5.75 Å². The molecule has 1 heterocycles. The molecule has 4 heteroatoms. The molecule has 0 saturated heterocycles. The molecular formula is C15H18ClNOS. The maximum absolute atomic E-state index is 6.06. The number of rotatable bonds is 5. The van der Waals surface area contributed by atoms with Gasteiger partial charge in [-0.3, -0.25) is 0 Å². The zero-order valence-corrected chi connectivity index (χ0v) is 13.0. The molecular weight excluding hydrogens is 278 g/mol. The lowest BCUT2D eigenvalue weighted by molar-refractivity contribution is 0.223. The minimum atomic E-state index is -0.0538. The van der Waals surface area contributed by atoms with E-state index in [0.29, 0.717) is 11.8 Å². The van der Waals surface area contributed by atoms with Crippen molar-refractivity contribution < 1.29 is 4.74 Å². The van der Waals surface area contributed by atoms with E-state index < -0.39 is 0 Å². The predicted octanol–water partition coefficient (Wildman–Crippen LogP) is 5.15. The van der Waals surface area contributed by atoms with Crippen molar-refractivity contribution >= 4 is 22.9 Å². The Balaban J connectivity index is 2.16. The summed E-state index contributed by atoms with van der Waals surface area (Å²) in [6, 6.07) is 8.17. The number of hydrogen-bond donors (Lipinski definition) is 0. The van der Waals surface area contributed by atoms with Crippen molar-refractivity contribution in [2.45, 2.75) is 38.7 Å². The Morgan fingerprint density at radius 3 is 2.63 bits per heavy atom. The largest absolute Gasteiger partial charge is 0.483 e. The fourth-order valence-electron chi connectivity index (χ4n) is 1.88. The topological polar surface area (TPSA) is 22.1 Å². The van der Waals surface area contributed by atoms with Crippen LogP contribution >= 0.6 is 22.9 Å². The van der Waals surface area contributed by atoms with Crippen LogP contribution in [0.3, 0.4) is 0 Å². The van der Waals surface area contributed by atoms with E-state index in [4.69, 9.17) is 16.3 Å². The normalized spacial score (nSPS) is 12.7. The van der Waals surface area contributed by atoms with Gasteiger partial charge in [0.15, 0.2) is 0 Å². The van der Waals surface area contributed by atoms with E-state index in [0.717, 1.165) is 16.5 Å². The molecule has 0 bridgehead atoms. The first-order valence-electron chi connectivity index (χ1n) is 6.37. The first-order chi connectivity index (χ1) is 9.11. The van der Waals surface area contributed by atoms with Gasteiger partial charge in [0.1, 0.15) is 16.9 Å². The third-order valence-corrected chi connectivity index (χ3v) is 4.23. The van der Waals surface area contributed by atoms with Crippen molar-refractivity contribution in [3.05, 3.63) is 45.9 Å². The number of nitrogens with zero attached hydrogens (tertiary/aromatic N) is 1. The van der Waals surface area contributed by atoms with E-state index >= 15 is 0 Å². The van der Waals surface area contributed by atoms with Gasteiger partial charge < -0.3 is 4.74 Å². The van der Waals surface area contributed by atoms with Crippen molar-refractivity contribution in [2.24, 2.45) is 0 Å². The molecule has 0 aliphatic rings. The van der Waals surface area contributed by atoms with Crippen LogP contribution in [0.4, 0.5) is 0 Å². The highest BCUT2D eigenvalue weighted by Crippen LogP contribution is 2.31. The maximum atomic E-state index is 6.06. The van der Waals surface area contributed by atoms with Gasteiger partial charge in [0.05, 0.1) is 11.6 Å². The second-order valence-corrected chi connectivity index (χ2v) is 5.92. The smallest absolute Gasteiger partial charge is 0.147 e. The molecule has 0 aliphatic heterocycles. The van der Waals surface area contributed by atoms with Crippen LogP contribution in [-0.4, -0.2) is 4.98 Å². The summed E-state index contributed by atoms with van der Waals surface area (Å²) in [5.41, 5.74) is 2.14. The summed E-state index contributed by atoms with van der Waals surface area (Å²) in [5, 5.41) is 2.95. The van der Waals surface area contributed by atoms with Crippen LogP contribution in [0.25, 0.3) is 0 Å². The summed E-state index contributed by atoms with van der Waals surface area (Å²) in [6.07, 6.45) is -0.0538. The van der Waals surface area contributed by atoms with E-state index in [2.05, 4.69) is 24.9 Å². The quantitative estimate of drug-likeness (QED) is 0.712. The summed E-state index contributed by atoms with van der Waals surface area (Å²) in [6.45, 7) is 6.36. The zero-order valence-electron chi connectivity index (χ0n) is 11.4. The number of ether oxygens (including phenoxy) is 1. The van der Waals surface area contributed by atoms with Crippen LogP contribution in [0.15, 0.2) is 29.6 Å². The van der Waals surface area contributed by atoms with Crippen LogP contribution in [0.1, 0.15) is 49.1 Å². The summed E-state index contributed by atoms with van der Waals surface area (Å²) in [4.78, 5) is 4.46. The molecule has 0 amide bonds. The lowest BCUT2D eigenvalue weighted by Gasteiger charge is -2.17. The highest BCUT2D eigenvalue weighted by molar-refractivity contribution is 7.09. The van der Waals surface area contributed by atoms with Gasteiger partial charge in [0.2, 0.25) is 0 Å². The molecule has 102 valence electrons. The Morgan fingerprint density at radius 1 is 1.26 bits per heavy atom. The van der Waals surface area contributed by atoms with Crippen LogP contribution in [-0.2, 0) is 5.88 Å². The minimum absolute atomic E-state index is 0.0538. The third-order valence-electron chi connectivity index (χ3n) is 2.90. The average molecular weight is 296 g/mol. The molecule has 2 aromatic rings. The van der Waals surface area contributed by atoms with Crippen molar-refractivity contribution in [1.82, 2.24) is 4.98 Å². The molecule has 0 saturated carbocycles. The van der Waals surface area contributed by atoms with E-state index in [9.17, 15) is 0 Å². The summed E-state index contributed by atoms with van der Waals surface area (Å²) < 4.78 is 6.06. The fraction of sp³-hybridized carbons (Fsp3) is 0.400. The van der Waals surface area contributed by atoms with E-state index in [1.807, 2.05) is 30.5 Å². The summed E-state index contributed by atoms with van der Waals surface area (Å²) >= 11 is 7.37. The molecule has 1 atom stereocenters. The second kappa shape index (κ2) is 6.40. The van der Waals surface area contributed by atoms with Crippen LogP contribution < -0.4 is 4.74 Å². The van der Waals surface area contributed by atoms with Gasteiger partial charge >= 0.3 is 0 Å². The molecule has 1 aromatic heterocycles. The predicted molar refractivity (Wildman–Crippen MR) is 81.2 cm³/mol. The average Bonchev–Trinajstić information content (AvgIpc) is 2.88. The maximum Gasteiger partial charge on any atom is 0.147 e. The van der Waals surface area contributed by atoms with Gasteiger partial charge in [-0.1, -0.05) is 32.0 Å². The molecule has 1 aromatic carbocycles. The van der Waals surface area contributed by atoms with E-state index in [-0.39, 0.29) is 6.10 Å². The zero-order chi connectivity index (χ0) is 13.8. The van der Waals surface area contributed by atoms with Crippen LogP contribution in [0.2, 0.25) is 0 Å². The molecule has 0 N–H and O–H groups in total. The van der Waals surface area contributed by atoms with E-state index in [1.54, 1.807) is 11.3 Å². The number of alkyl halides is 1. The number of thiazole rings is 1. The Morgan fingerprint density at radius 2 is 2.00 bits per heavy atom. The van der Waals surface area contributed by atoms with Gasteiger partial charge in [0, 0.05) is 5.38 Å². The number of para-hydroxylation sites is 1.